The lowest BCUT2D eigenvalue weighted by atomic mass is 10.0. The van der Waals surface area contributed by atoms with Crippen LogP contribution in [-0.2, 0) is 9.53 Å². The number of ether oxygens (including phenoxy) is 1. The molecule has 2 heterocycles. The summed E-state index contributed by atoms with van der Waals surface area (Å²) in [4.78, 5) is 44.4. The first-order chi connectivity index (χ1) is 15.9. The molecule has 10 nitrogen and oxygen atoms in total. The Labute approximate surface area is 193 Å². The van der Waals surface area contributed by atoms with Crippen LogP contribution in [0.25, 0.3) is 11.5 Å². The fraction of sp³-hybridized carbons (Fsp3) is 0.522. The molecule has 0 bridgehead atoms. The lowest BCUT2D eigenvalue weighted by Crippen LogP contribution is -2.55. The molecule has 178 valence electrons. The van der Waals surface area contributed by atoms with Crippen LogP contribution in [-0.4, -0.2) is 71.1 Å². The van der Waals surface area contributed by atoms with Crippen LogP contribution < -0.4 is 10.6 Å². The van der Waals surface area contributed by atoms with Gasteiger partial charge in [-0.15, -0.1) is 0 Å². The highest BCUT2D eigenvalue weighted by atomic mass is 16.5. The first kappa shape index (κ1) is 24.4. The van der Waals surface area contributed by atoms with Gasteiger partial charge in [-0.3, -0.25) is 9.59 Å². The summed E-state index contributed by atoms with van der Waals surface area (Å²) < 4.78 is 10.5. The Bertz CT molecular complexity index is 940. The van der Waals surface area contributed by atoms with Gasteiger partial charge in [0.15, 0.2) is 0 Å². The molecule has 1 aromatic heterocycles. The van der Waals surface area contributed by atoms with Crippen molar-refractivity contribution >= 4 is 17.7 Å². The van der Waals surface area contributed by atoms with E-state index in [1.165, 1.54) is 0 Å². The minimum atomic E-state index is -0.839. The number of Topliss-reactive ketones (excluding diaryl/α,β-unsaturated/α-hetero) is 1. The molecule has 2 aromatic rings. The zero-order valence-electron chi connectivity index (χ0n) is 19.2. The Morgan fingerprint density at radius 2 is 1.76 bits per heavy atom. The number of nitrogens with one attached hydrogen (secondary N) is 2. The number of nitrogens with zero attached hydrogens (tertiary/aromatic N) is 3. The average Bonchev–Trinajstić information content (AvgIpc) is 3.32. The molecule has 10 heteroatoms. The summed E-state index contributed by atoms with van der Waals surface area (Å²) in [7, 11) is 0. The molecule has 2 N–H and O–H groups in total. The van der Waals surface area contributed by atoms with Crippen molar-refractivity contribution in [3.05, 3.63) is 36.2 Å². The van der Waals surface area contributed by atoms with Gasteiger partial charge in [-0.1, -0.05) is 44.1 Å². The lowest BCUT2D eigenvalue weighted by Gasteiger charge is -2.30. The summed E-state index contributed by atoms with van der Waals surface area (Å²) >= 11 is 0. The zero-order chi connectivity index (χ0) is 23.8. The van der Waals surface area contributed by atoms with Crippen LogP contribution in [0.3, 0.4) is 0 Å². The number of aromatic nitrogens is 2. The second-order valence-corrected chi connectivity index (χ2v) is 8.35. The lowest BCUT2D eigenvalue weighted by molar-refractivity contribution is -0.123. The molecule has 3 amide bonds. The molecular formula is C23H31N5O5. The smallest absolute Gasteiger partial charge is 0.318 e. The normalized spacial score (nSPS) is 15.7. The van der Waals surface area contributed by atoms with Crippen molar-refractivity contribution < 1.29 is 23.6 Å². The van der Waals surface area contributed by atoms with Gasteiger partial charge >= 0.3 is 6.03 Å². The summed E-state index contributed by atoms with van der Waals surface area (Å²) in [5, 5.41) is 9.37. The number of ketones is 1. The molecule has 1 saturated heterocycles. The van der Waals surface area contributed by atoms with E-state index in [2.05, 4.69) is 20.8 Å². The molecule has 1 fully saturated rings. The standard InChI is InChI=1S/C23H31N5O5/c1-4-17(19(29)20-26-22(33-27-20)16-8-6-5-7-9-16)24-21(30)18(14-15(2)3)25-23(31)28-10-12-32-13-11-28/h5-9,15,17-18H,4,10-14H2,1-3H3,(H,24,30)(H,25,31)/t17-,18-/m0/s1. The highest BCUT2D eigenvalue weighted by molar-refractivity contribution is 6.00. The van der Waals surface area contributed by atoms with Gasteiger partial charge in [0, 0.05) is 18.7 Å². The molecule has 1 aromatic carbocycles. The maximum atomic E-state index is 13.0. The summed E-state index contributed by atoms with van der Waals surface area (Å²) in [6, 6.07) is 7.19. The van der Waals surface area contributed by atoms with Gasteiger partial charge in [-0.2, -0.15) is 4.98 Å². The Morgan fingerprint density at radius 1 is 1.06 bits per heavy atom. The van der Waals surface area contributed by atoms with Crippen LogP contribution >= 0.6 is 0 Å². The zero-order valence-corrected chi connectivity index (χ0v) is 19.2. The largest absolute Gasteiger partial charge is 0.378 e. The quantitative estimate of drug-likeness (QED) is 0.553. The van der Waals surface area contributed by atoms with Gasteiger partial charge in [-0.25, -0.2) is 4.79 Å². The third-order valence-electron chi connectivity index (χ3n) is 5.33. The highest BCUT2D eigenvalue weighted by Gasteiger charge is 2.30. The summed E-state index contributed by atoms with van der Waals surface area (Å²) in [5.41, 5.74) is 0.698. The number of rotatable bonds is 9. The number of carbonyl (C=O) groups excluding carboxylic acids is 3. The topological polar surface area (TPSA) is 127 Å². The third kappa shape index (κ3) is 6.61. The van der Waals surface area contributed by atoms with Crippen LogP contribution in [0.15, 0.2) is 34.9 Å². The second kappa shape index (κ2) is 11.6. The van der Waals surface area contributed by atoms with Gasteiger partial charge in [0.2, 0.25) is 17.5 Å². The Kier molecular flexibility index (Phi) is 8.53. The molecule has 1 aliphatic rings. The van der Waals surface area contributed by atoms with E-state index in [4.69, 9.17) is 9.26 Å². The Balaban J connectivity index is 1.67. The van der Waals surface area contributed by atoms with Gasteiger partial charge in [-0.05, 0) is 30.9 Å². The summed E-state index contributed by atoms with van der Waals surface area (Å²) in [6.07, 6.45) is 0.776. The van der Waals surface area contributed by atoms with Gasteiger partial charge in [0.05, 0.1) is 19.3 Å². The molecule has 0 saturated carbocycles. The van der Waals surface area contributed by atoms with E-state index in [0.29, 0.717) is 44.7 Å². The minimum absolute atomic E-state index is 0.0984. The number of hydrogen-bond donors (Lipinski definition) is 2. The van der Waals surface area contributed by atoms with Crippen LogP contribution in [0.2, 0.25) is 0 Å². The maximum absolute atomic E-state index is 13.0. The van der Waals surface area contributed by atoms with E-state index in [0.717, 1.165) is 0 Å². The molecule has 0 radical (unpaired) electrons. The number of morpholine rings is 1. The molecule has 3 rings (SSSR count). The molecule has 1 aliphatic heterocycles. The average molecular weight is 458 g/mol. The van der Waals surface area contributed by atoms with E-state index in [-0.39, 0.29) is 23.7 Å². The minimum Gasteiger partial charge on any atom is -0.378 e. The first-order valence-corrected chi connectivity index (χ1v) is 11.3. The van der Waals surface area contributed by atoms with E-state index >= 15 is 0 Å². The number of benzene rings is 1. The SMILES string of the molecule is CC[C@H](NC(=O)[C@H](CC(C)C)NC(=O)N1CCOCC1)C(=O)c1noc(-c2ccccc2)n1. The van der Waals surface area contributed by atoms with Crippen molar-refractivity contribution in [3.8, 4) is 11.5 Å². The second-order valence-electron chi connectivity index (χ2n) is 8.35. The van der Waals surface area contributed by atoms with E-state index in [1.54, 1.807) is 24.0 Å². The molecule has 0 aliphatic carbocycles. The molecular weight excluding hydrogens is 426 g/mol. The Hall–Kier alpha value is -3.27. The van der Waals surface area contributed by atoms with E-state index in [1.807, 2.05) is 32.0 Å². The fourth-order valence-corrected chi connectivity index (χ4v) is 3.51. The van der Waals surface area contributed by atoms with Gasteiger partial charge < -0.3 is 24.8 Å². The van der Waals surface area contributed by atoms with Crippen molar-refractivity contribution in [3.63, 3.8) is 0 Å². The number of carbonyl (C=O) groups is 3. The van der Waals surface area contributed by atoms with E-state index in [9.17, 15) is 14.4 Å². The maximum Gasteiger partial charge on any atom is 0.318 e. The van der Waals surface area contributed by atoms with Crippen LogP contribution in [0.4, 0.5) is 4.79 Å². The third-order valence-corrected chi connectivity index (χ3v) is 5.33. The molecule has 0 spiro atoms. The van der Waals surface area contributed by atoms with Crippen LogP contribution in [0.1, 0.15) is 44.2 Å². The number of hydrogen-bond acceptors (Lipinski definition) is 7. The molecule has 2 atom stereocenters. The highest BCUT2D eigenvalue weighted by Crippen LogP contribution is 2.17. The van der Waals surface area contributed by atoms with Gasteiger partial charge in [0.25, 0.3) is 5.89 Å². The van der Waals surface area contributed by atoms with Gasteiger partial charge in [0.1, 0.15) is 6.04 Å². The van der Waals surface area contributed by atoms with Crippen molar-refractivity contribution in [2.45, 2.75) is 45.7 Å². The monoisotopic (exact) mass is 457 g/mol. The van der Waals surface area contributed by atoms with Crippen LogP contribution in [0, 0.1) is 5.92 Å². The molecule has 33 heavy (non-hydrogen) atoms. The number of amides is 3. The fourth-order valence-electron chi connectivity index (χ4n) is 3.51. The predicted octanol–water partition coefficient (Wildman–Crippen LogP) is 2.27. The molecule has 0 unspecified atom stereocenters. The summed E-state index contributed by atoms with van der Waals surface area (Å²) in [5.74, 6) is -0.571. The van der Waals surface area contributed by atoms with Crippen molar-refractivity contribution in [2.24, 2.45) is 5.92 Å². The van der Waals surface area contributed by atoms with E-state index < -0.39 is 23.8 Å². The first-order valence-electron chi connectivity index (χ1n) is 11.3. The number of urea groups is 1. The summed E-state index contributed by atoms with van der Waals surface area (Å²) in [6.45, 7) is 7.60. The van der Waals surface area contributed by atoms with Crippen LogP contribution in [0.5, 0.6) is 0 Å². The van der Waals surface area contributed by atoms with Crippen molar-refractivity contribution in [1.29, 1.82) is 0 Å². The van der Waals surface area contributed by atoms with Crippen molar-refractivity contribution in [1.82, 2.24) is 25.7 Å². The predicted molar refractivity (Wildman–Crippen MR) is 120 cm³/mol. The Morgan fingerprint density at radius 3 is 2.39 bits per heavy atom. The van der Waals surface area contributed by atoms with Crippen molar-refractivity contribution in [2.75, 3.05) is 26.3 Å².